The Morgan fingerprint density at radius 3 is 2.43 bits per heavy atom. The molecule has 0 aliphatic carbocycles. The highest BCUT2D eigenvalue weighted by atomic mass is 19.4. The van der Waals surface area contributed by atoms with Crippen LogP contribution in [0.4, 0.5) is 34.9 Å². The highest BCUT2D eigenvalue weighted by Crippen LogP contribution is 2.37. The molecule has 2 unspecified atom stereocenters. The number of pyridine rings is 1. The van der Waals surface area contributed by atoms with E-state index in [-0.39, 0.29) is 23.3 Å². The van der Waals surface area contributed by atoms with Crippen molar-refractivity contribution in [3.63, 3.8) is 0 Å². The molecule has 0 spiro atoms. The highest BCUT2D eigenvalue weighted by Gasteiger charge is 2.36. The van der Waals surface area contributed by atoms with E-state index in [0.29, 0.717) is 55.9 Å². The summed E-state index contributed by atoms with van der Waals surface area (Å²) in [5.74, 6) is -1.11. The number of hydrogen-bond donors (Lipinski definition) is 2. The molecule has 1 amide bonds. The number of aromatic nitrogens is 3. The SMILES string of the molecule is CC1CN(c2cc(F)c(C3=CCCN(c4ncccn4)C3)cc2NC(=O)c2c[nH]c(=O)cc2C(F)(F)F)CC(C)N1C. The van der Waals surface area contributed by atoms with Gasteiger partial charge in [0.1, 0.15) is 5.82 Å². The van der Waals surface area contributed by atoms with Gasteiger partial charge < -0.3 is 20.1 Å². The lowest BCUT2D eigenvalue weighted by Gasteiger charge is -2.44. The van der Waals surface area contributed by atoms with Gasteiger partial charge in [0.25, 0.3) is 5.91 Å². The lowest BCUT2D eigenvalue weighted by atomic mass is 9.98. The van der Waals surface area contributed by atoms with Crippen LogP contribution in [-0.4, -0.2) is 71.1 Å². The Kier molecular flexibility index (Phi) is 8.04. The number of nitrogens with zero attached hydrogens (tertiary/aromatic N) is 5. The Labute approximate surface area is 239 Å². The van der Waals surface area contributed by atoms with Crippen molar-refractivity contribution in [1.82, 2.24) is 19.9 Å². The van der Waals surface area contributed by atoms with Gasteiger partial charge in [0.2, 0.25) is 11.5 Å². The van der Waals surface area contributed by atoms with E-state index in [2.05, 4.69) is 25.2 Å². The van der Waals surface area contributed by atoms with Gasteiger partial charge in [0.15, 0.2) is 0 Å². The molecule has 2 atom stereocenters. The van der Waals surface area contributed by atoms with Crippen molar-refractivity contribution in [3.8, 4) is 0 Å². The number of amides is 1. The second-order valence-electron chi connectivity index (χ2n) is 10.7. The van der Waals surface area contributed by atoms with Crippen LogP contribution in [0.2, 0.25) is 0 Å². The maximum absolute atomic E-state index is 15.9. The average Bonchev–Trinajstić information content (AvgIpc) is 2.96. The molecule has 1 aromatic carbocycles. The molecule has 0 saturated carbocycles. The first-order valence-electron chi connectivity index (χ1n) is 13.6. The third-order valence-corrected chi connectivity index (χ3v) is 7.84. The molecule has 0 radical (unpaired) electrons. The van der Waals surface area contributed by atoms with E-state index in [1.807, 2.05) is 36.8 Å². The first kappa shape index (κ1) is 29.2. The summed E-state index contributed by atoms with van der Waals surface area (Å²) in [4.78, 5) is 41.7. The number of benzene rings is 1. The summed E-state index contributed by atoms with van der Waals surface area (Å²) in [6.45, 7) is 5.99. The van der Waals surface area contributed by atoms with Crippen molar-refractivity contribution in [3.05, 3.63) is 81.8 Å². The van der Waals surface area contributed by atoms with Crippen molar-refractivity contribution in [2.24, 2.45) is 0 Å². The van der Waals surface area contributed by atoms with Crippen LogP contribution in [0.1, 0.15) is 41.8 Å². The lowest BCUT2D eigenvalue weighted by molar-refractivity contribution is -0.138. The molecule has 1 saturated heterocycles. The Morgan fingerprint density at radius 2 is 1.76 bits per heavy atom. The molecule has 3 aromatic rings. The first-order valence-corrected chi connectivity index (χ1v) is 13.6. The molecule has 2 N–H and O–H groups in total. The number of rotatable bonds is 5. The predicted octanol–water partition coefficient (Wildman–Crippen LogP) is 4.40. The monoisotopic (exact) mass is 585 g/mol. The van der Waals surface area contributed by atoms with E-state index in [1.165, 1.54) is 12.1 Å². The Balaban J connectivity index is 1.55. The fourth-order valence-corrected chi connectivity index (χ4v) is 5.42. The van der Waals surface area contributed by atoms with Gasteiger partial charge in [-0.15, -0.1) is 0 Å². The third-order valence-electron chi connectivity index (χ3n) is 7.84. The summed E-state index contributed by atoms with van der Waals surface area (Å²) < 4.78 is 57.1. The first-order chi connectivity index (χ1) is 19.9. The third kappa shape index (κ3) is 6.01. The van der Waals surface area contributed by atoms with Crippen LogP contribution in [0, 0.1) is 5.82 Å². The molecule has 4 heterocycles. The smallest absolute Gasteiger partial charge is 0.367 e. The Morgan fingerprint density at radius 1 is 1.07 bits per heavy atom. The molecule has 2 aromatic heterocycles. The van der Waals surface area contributed by atoms with Crippen molar-refractivity contribution in [2.45, 2.75) is 38.5 Å². The van der Waals surface area contributed by atoms with Crippen molar-refractivity contribution in [1.29, 1.82) is 0 Å². The Hall–Kier alpha value is -4.26. The summed E-state index contributed by atoms with van der Waals surface area (Å²) in [6, 6.07) is 5.03. The zero-order chi connectivity index (χ0) is 30.2. The number of carbonyl (C=O) groups excluding carboxylic acids is 1. The lowest BCUT2D eigenvalue weighted by Crippen LogP contribution is -2.55. The second-order valence-corrected chi connectivity index (χ2v) is 10.7. The molecule has 5 rings (SSSR count). The van der Waals surface area contributed by atoms with Crippen LogP contribution in [0.3, 0.4) is 0 Å². The summed E-state index contributed by atoms with van der Waals surface area (Å²) in [5, 5.41) is 2.60. The second kappa shape index (κ2) is 11.6. The molecule has 9 nitrogen and oxygen atoms in total. The van der Waals surface area contributed by atoms with Crippen LogP contribution in [-0.2, 0) is 6.18 Å². The van der Waals surface area contributed by atoms with Gasteiger partial charge in [-0.2, -0.15) is 13.2 Å². The molecule has 42 heavy (non-hydrogen) atoms. The molecule has 2 aliphatic heterocycles. The topological polar surface area (TPSA) is 97.5 Å². The zero-order valence-electron chi connectivity index (χ0n) is 23.4. The minimum Gasteiger partial charge on any atom is -0.367 e. The molecule has 13 heteroatoms. The molecule has 2 aliphatic rings. The number of hydrogen-bond acceptors (Lipinski definition) is 7. The van der Waals surface area contributed by atoms with Gasteiger partial charge in [-0.3, -0.25) is 14.5 Å². The van der Waals surface area contributed by atoms with Crippen LogP contribution < -0.4 is 20.7 Å². The average molecular weight is 586 g/mol. The maximum Gasteiger partial charge on any atom is 0.417 e. The number of H-pyrrole nitrogens is 1. The summed E-state index contributed by atoms with van der Waals surface area (Å²) in [7, 11) is 1.99. The number of likely N-dealkylation sites (N-methyl/N-ethyl adjacent to an activating group) is 1. The predicted molar refractivity (Wildman–Crippen MR) is 152 cm³/mol. The van der Waals surface area contributed by atoms with Crippen LogP contribution in [0.25, 0.3) is 5.57 Å². The molecule has 222 valence electrons. The van der Waals surface area contributed by atoms with Crippen molar-refractivity contribution >= 4 is 28.8 Å². The fraction of sp³-hybridized carbons (Fsp3) is 0.379. The van der Waals surface area contributed by atoms with Gasteiger partial charge in [0.05, 0.1) is 22.5 Å². The maximum atomic E-state index is 15.9. The van der Waals surface area contributed by atoms with Crippen LogP contribution in [0.5, 0.6) is 0 Å². The largest absolute Gasteiger partial charge is 0.417 e. The van der Waals surface area contributed by atoms with E-state index < -0.39 is 34.6 Å². The number of nitrogens with one attached hydrogen (secondary N) is 2. The molecule has 1 fully saturated rings. The van der Waals surface area contributed by atoms with Gasteiger partial charge in [0, 0.05) is 68.5 Å². The minimum atomic E-state index is -4.93. The van der Waals surface area contributed by atoms with Crippen LogP contribution in [0.15, 0.2) is 53.7 Å². The highest BCUT2D eigenvalue weighted by molar-refractivity contribution is 6.07. The number of carbonyl (C=O) groups is 1. The van der Waals surface area contributed by atoms with E-state index in [4.69, 9.17) is 0 Å². The van der Waals surface area contributed by atoms with E-state index in [0.717, 1.165) is 6.20 Å². The molecule has 0 bridgehead atoms. The number of halogens is 4. The van der Waals surface area contributed by atoms with E-state index in [1.54, 1.807) is 18.5 Å². The molecular weight excluding hydrogens is 554 g/mol. The van der Waals surface area contributed by atoms with Crippen molar-refractivity contribution in [2.75, 3.05) is 48.3 Å². The summed E-state index contributed by atoms with van der Waals surface area (Å²) >= 11 is 0. The Bertz CT molecular complexity index is 1550. The number of anilines is 3. The van der Waals surface area contributed by atoms with Gasteiger partial charge >= 0.3 is 6.18 Å². The normalized spacial score (nSPS) is 19.9. The molecular formula is C29H31F4N7O2. The quantitative estimate of drug-likeness (QED) is 0.429. The minimum absolute atomic E-state index is 0.0940. The standard InChI is InChI=1S/C29H31F4N7O2/c1-17-14-40(15-18(2)38(17)3)25-12-23(30)20(19-6-4-9-39(16-19)28-34-7-5-8-35-28)10-24(25)37-27(42)21-13-36-26(41)11-22(21)29(31,32)33/h5-8,10-13,17-18H,4,9,14-16H2,1-3H3,(H,36,41)(H,37,42). The number of aromatic amines is 1. The fourth-order valence-electron chi connectivity index (χ4n) is 5.42. The van der Waals surface area contributed by atoms with E-state index in [9.17, 15) is 22.8 Å². The van der Waals surface area contributed by atoms with Gasteiger partial charge in [-0.25, -0.2) is 14.4 Å². The van der Waals surface area contributed by atoms with E-state index >= 15 is 4.39 Å². The van der Waals surface area contributed by atoms with Crippen LogP contribution >= 0.6 is 0 Å². The van der Waals surface area contributed by atoms with Gasteiger partial charge in [-0.1, -0.05) is 6.08 Å². The van der Waals surface area contributed by atoms with Crippen molar-refractivity contribution < 1.29 is 22.4 Å². The van der Waals surface area contributed by atoms with Gasteiger partial charge in [-0.05, 0) is 51.1 Å². The zero-order valence-corrected chi connectivity index (χ0v) is 23.4. The summed E-state index contributed by atoms with van der Waals surface area (Å²) in [6.07, 6.45) is 1.53. The number of alkyl halides is 3. The number of piperazine rings is 1. The summed E-state index contributed by atoms with van der Waals surface area (Å²) in [5.41, 5.74) is -1.73.